The molecule has 2 aromatic heterocycles. The van der Waals surface area contributed by atoms with Crippen molar-refractivity contribution in [2.45, 2.75) is 33.3 Å². The van der Waals surface area contributed by atoms with E-state index in [0.29, 0.717) is 59.3 Å². The molecule has 1 aliphatic rings. The lowest BCUT2D eigenvalue weighted by atomic mass is 10.0. The molecule has 1 fully saturated rings. The SMILES string of the molecule is COc1c(Cl)c2c(oc3cccc(C)c32)c2ncnc(N3CCN(C(=O)OC(C)(C)C)CC3)c12. The maximum Gasteiger partial charge on any atom is 0.410 e. The van der Waals surface area contributed by atoms with Crippen LogP contribution in [-0.2, 0) is 4.74 Å². The molecule has 0 N–H and O–H groups in total. The molecule has 0 aliphatic carbocycles. The highest BCUT2D eigenvalue weighted by molar-refractivity contribution is 6.42. The molecule has 8 nitrogen and oxygen atoms in total. The van der Waals surface area contributed by atoms with Gasteiger partial charge in [-0.1, -0.05) is 23.7 Å². The van der Waals surface area contributed by atoms with Crippen molar-refractivity contribution in [2.24, 2.45) is 0 Å². The minimum Gasteiger partial charge on any atom is -0.494 e. The van der Waals surface area contributed by atoms with Crippen molar-refractivity contribution in [3.05, 3.63) is 35.1 Å². The number of carbonyl (C=O) groups is 1. The molecular formula is C25H27ClN4O4. The van der Waals surface area contributed by atoms with Crippen LogP contribution in [0, 0.1) is 6.92 Å². The van der Waals surface area contributed by atoms with Crippen LogP contribution in [0.1, 0.15) is 26.3 Å². The van der Waals surface area contributed by atoms with E-state index in [0.717, 1.165) is 21.9 Å². The molecule has 3 heterocycles. The van der Waals surface area contributed by atoms with E-state index >= 15 is 0 Å². The predicted molar refractivity (Wildman–Crippen MR) is 133 cm³/mol. The normalized spacial score (nSPS) is 14.9. The first-order valence-electron chi connectivity index (χ1n) is 11.2. The Morgan fingerprint density at radius 1 is 1.09 bits per heavy atom. The lowest BCUT2D eigenvalue weighted by Gasteiger charge is -2.36. The summed E-state index contributed by atoms with van der Waals surface area (Å²) in [4.78, 5) is 25.5. The lowest BCUT2D eigenvalue weighted by Crippen LogP contribution is -2.50. The highest BCUT2D eigenvalue weighted by Crippen LogP contribution is 2.47. The van der Waals surface area contributed by atoms with Gasteiger partial charge in [0.1, 0.15) is 28.8 Å². The number of hydrogen-bond acceptors (Lipinski definition) is 7. The minimum atomic E-state index is -0.530. The fraction of sp³-hybridized carbons (Fsp3) is 0.400. The van der Waals surface area contributed by atoms with Crippen LogP contribution in [0.2, 0.25) is 5.02 Å². The summed E-state index contributed by atoms with van der Waals surface area (Å²) in [5, 5.41) is 2.92. The lowest BCUT2D eigenvalue weighted by molar-refractivity contribution is 0.0240. The monoisotopic (exact) mass is 482 g/mol. The molecule has 0 saturated carbocycles. The number of amides is 1. The fourth-order valence-corrected chi connectivity index (χ4v) is 4.89. The zero-order valence-electron chi connectivity index (χ0n) is 19.9. The fourth-order valence-electron chi connectivity index (χ4n) is 4.54. The number of aryl methyl sites for hydroxylation is 1. The number of methoxy groups -OCH3 is 1. The van der Waals surface area contributed by atoms with E-state index in [-0.39, 0.29) is 6.09 Å². The molecule has 5 rings (SSSR count). The van der Waals surface area contributed by atoms with Crippen molar-refractivity contribution in [3.63, 3.8) is 0 Å². The van der Waals surface area contributed by atoms with Crippen molar-refractivity contribution in [1.82, 2.24) is 14.9 Å². The molecule has 0 spiro atoms. The number of furan rings is 1. The summed E-state index contributed by atoms with van der Waals surface area (Å²) in [7, 11) is 1.60. The van der Waals surface area contributed by atoms with E-state index < -0.39 is 5.60 Å². The van der Waals surface area contributed by atoms with Crippen LogP contribution in [0.15, 0.2) is 28.9 Å². The first-order chi connectivity index (χ1) is 16.2. The quantitative estimate of drug-likeness (QED) is 0.370. The van der Waals surface area contributed by atoms with Gasteiger partial charge in [-0.05, 0) is 39.3 Å². The summed E-state index contributed by atoms with van der Waals surface area (Å²) in [5.41, 5.74) is 2.54. The summed E-state index contributed by atoms with van der Waals surface area (Å²) in [6, 6.07) is 5.91. The second kappa shape index (κ2) is 8.20. The zero-order chi connectivity index (χ0) is 24.2. The summed E-state index contributed by atoms with van der Waals surface area (Å²) < 4.78 is 17.6. The number of rotatable bonds is 2. The highest BCUT2D eigenvalue weighted by atomic mass is 35.5. The minimum absolute atomic E-state index is 0.306. The molecule has 0 bridgehead atoms. The van der Waals surface area contributed by atoms with Gasteiger partial charge in [-0.3, -0.25) is 0 Å². The molecule has 178 valence electrons. The van der Waals surface area contributed by atoms with Crippen LogP contribution in [0.3, 0.4) is 0 Å². The van der Waals surface area contributed by atoms with Crippen LogP contribution in [0.25, 0.3) is 32.8 Å². The number of anilines is 1. The smallest absolute Gasteiger partial charge is 0.410 e. The van der Waals surface area contributed by atoms with Gasteiger partial charge in [0.05, 0.1) is 22.9 Å². The number of nitrogens with zero attached hydrogens (tertiary/aromatic N) is 4. The Bertz CT molecular complexity index is 1420. The van der Waals surface area contributed by atoms with Crippen LogP contribution in [0.5, 0.6) is 5.75 Å². The third-order valence-electron chi connectivity index (χ3n) is 6.05. The van der Waals surface area contributed by atoms with Crippen molar-refractivity contribution >= 4 is 56.4 Å². The van der Waals surface area contributed by atoms with Gasteiger partial charge < -0.3 is 23.7 Å². The summed E-state index contributed by atoms with van der Waals surface area (Å²) in [6.07, 6.45) is 1.23. The molecule has 0 unspecified atom stereocenters. The van der Waals surface area contributed by atoms with E-state index in [1.807, 2.05) is 45.9 Å². The van der Waals surface area contributed by atoms with Gasteiger partial charge in [0.15, 0.2) is 11.3 Å². The number of fused-ring (bicyclic) bond motifs is 5. The first-order valence-corrected chi connectivity index (χ1v) is 11.6. The van der Waals surface area contributed by atoms with Crippen molar-refractivity contribution in [3.8, 4) is 5.75 Å². The molecule has 9 heteroatoms. The van der Waals surface area contributed by atoms with Gasteiger partial charge in [-0.2, -0.15) is 0 Å². The summed E-state index contributed by atoms with van der Waals surface area (Å²) in [6.45, 7) is 9.83. The second-order valence-electron chi connectivity index (χ2n) is 9.48. The van der Waals surface area contributed by atoms with E-state index in [9.17, 15) is 4.79 Å². The van der Waals surface area contributed by atoms with Gasteiger partial charge in [0.25, 0.3) is 0 Å². The van der Waals surface area contributed by atoms with Crippen LogP contribution in [0.4, 0.5) is 10.6 Å². The van der Waals surface area contributed by atoms with Crippen molar-refractivity contribution in [1.29, 1.82) is 0 Å². The van der Waals surface area contributed by atoms with Gasteiger partial charge in [-0.25, -0.2) is 14.8 Å². The third-order valence-corrected chi connectivity index (χ3v) is 6.41. The standard InChI is InChI=1S/C25H27ClN4O4/c1-14-7-6-8-15-16(14)17-19(26)21(32-5)18-20(22(17)33-15)27-13-28-23(18)29-9-11-30(12-10-29)24(31)34-25(2,3)4/h6-8,13H,9-12H2,1-5H3. The molecule has 1 aliphatic heterocycles. The Labute approximate surface area is 202 Å². The van der Waals surface area contributed by atoms with Gasteiger partial charge in [0.2, 0.25) is 0 Å². The van der Waals surface area contributed by atoms with E-state index in [2.05, 4.69) is 14.9 Å². The predicted octanol–water partition coefficient (Wildman–Crippen LogP) is 5.56. The van der Waals surface area contributed by atoms with Gasteiger partial charge >= 0.3 is 6.09 Å². The number of ether oxygens (including phenoxy) is 2. The molecule has 0 atom stereocenters. The van der Waals surface area contributed by atoms with E-state index in [1.165, 1.54) is 6.33 Å². The molecule has 2 aromatic carbocycles. The molecule has 34 heavy (non-hydrogen) atoms. The summed E-state index contributed by atoms with van der Waals surface area (Å²) >= 11 is 6.92. The molecule has 1 amide bonds. The van der Waals surface area contributed by atoms with E-state index in [4.69, 9.17) is 25.5 Å². The Morgan fingerprint density at radius 3 is 2.50 bits per heavy atom. The van der Waals surface area contributed by atoms with Crippen LogP contribution >= 0.6 is 11.6 Å². The van der Waals surface area contributed by atoms with Crippen LogP contribution in [-0.4, -0.2) is 59.9 Å². The number of halogens is 1. The maximum atomic E-state index is 12.5. The number of benzene rings is 2. The number of piperazine rings is 1. The zero-order valence-corrected chi connectivity index (χ0v) is 20.7. The van der Waals surface area contributed by atoms with Crippen molar-refractivity contribution in [2.75, 3.05) is 38.2 Å². The van der Waals surface area contributed by atoms with E-state index in [1.54, 1.807) is 12.0 Å². The second-order valence-corrected chi connectivity index (χ2v) is 9.85. The third kappa shape index (κ3) is 3.66. The Hall–Kier alpha value is -3.26. The Kier molecular flexibility index (Phi) is 5.43. The molecular weight excluding hydrogens is 456 g/mol. The molecule has 0 radical (unpaired) electrons. The molecule has 1 saturated heterocycles. The molecule has 4 aromatic rings. The largest absolute Gasteiger partial charge is 0.494 e. The van der Waals surface area contributed by atoms with Crippen molar-refractivity contribution < 1.29 is 18.7 Å². The highest BCUT2D eigenvalue weighted by Gasteiger charge is 2.30. The average Bonchev–Trinajstić information content (AvgIpc) is 3.20. The Morgan fingerprint density at radius 2 is 1.82 bits per heavy atom. The Balaban J connectivity index is 1.59. The summed E-state index contributed by atoms with van der Waals surface area (Å²) in [5.74, 6) is 1.21. The number of carbonyl (C=O) groups excluding carboxylic acids is 1. The van der Waals surface area contributed by atoms with Gasteiger partial charge in [-0.15, -0.1) is 0 Å². The topological polar surface area (TPSA) is 80.9 Å². The van der Waals surface area contributed by atoms with Gasteiger partial charge in [0, 0.05) is 31.6 Å². The van der Waals surface area contributed by atoms with Crippen LogP contribution < -0.4 is 9.64 Å². The number of hydrogen-bond donors (Lipinski definition) is 0. The number of aromatic nitrogens is 2. The maximum absolute atomic E-state index is 12.5. The average molecular weight is 483 g/mol. The first kappa shape index (κ1) is 22.5.